The van der Waals surface area contributed by atoms with E-state index in [9.17, 15) is 14.3 Å². The summed E-state index contributed by atoms with van der Waals surface area (Å²) in [5, 5.41) is 15.4. The number of nitrogens with one attached hydrogen (secondary N) is 2. The molecular formula is C20H24FN3O2. The highest BCUT2D eigenvalue weighted by atomic mass is 19.1. The van der Waals surface area contributed by atoms with E-state index in [0.29, 0.717) is 37.8 Å². The molecule has 26 heavy (non-hydrogen) atoms. The number of hydrogen-bond donors (Lipinski definition) is 3. The van der Waals surface area contributed by atoms with Crippen molar-refractivity contribution in [3.63, 3.8) is 0 Å². The zero-order valence-electron chi connectivity index (χ0n) is 14.6. The highest BCUT2D eigenvalue weighted by Gasteiger charge is 2.34. The first-order valence-electron chi connectivity index (χ1n) is 8.96. The maximum atomic E-state index is 13.6. The van der Waals surface area contributed by atoms with Gasteiger partial charge in [0.15, 0.2) is 0 Å². The van der Waals surface area contributed by atoms with Crippen molar-refractivity contribution in [3.05, 3.63) is 65.7 Å². The molecular weight excluding hydrogens is 333 g/mol. The minimum absolute atomic E-state index is 0.0470. The third-order valence-corrected chi connectivity index (χ3v) is 4.88. The molecule has 1 aromatic carbocycles. The maximum Gasteiger partial charge on any atom is 0.315 e. The topological polar surface area (TPSA) is 74.2 Å². The molecule has 1 aliphatic rings. The van der Waals surface area contributed by atoms with Crippen LogP contribution in [0.2, 0.25) is 0 Å². The fourth-order valence-electron chi connectivity index (χ4n) is 3.30. The molecule has 1 aromatic heterocycles. The fourth-order valence-corrected chi connectivity index (χ4v) is 3.30. The van der Waals surface area contributed by atoms with E-state index in [0.717, 1.165) is 5.56 Å². The van der Waals surface area contributed by atoms with Gasteiger partial charge in [-0.2, -0.15) is 0 Å². The number of benzene rings is 1. The lowest BCUT2D eigenvalue weighted by molar-refractivity contribution is 0.0263. The Labute approximate surface area is 152 Å². The van der Waals surface area contributed by atoms with Gasteiger partial charge in [0, 0.05) is 25.0 Å². The molecule has 3 N–H and O–H groups in total. The molecule has 1 saturated carbocycles. The molecule has 5 nitrogen and oxygen atoms in total. The summed E-state index contributed by atoms with van der Waals surface area (Å²) in [6.45, 7) is 0.363. The molecule has 2 aromatic rings. The van der Waals surface area contributed by atoms with Crippen molar-refractivity contribution in [1.29, 1.82) is 0 Å². The van der Waals surface area contributed by atoms with Crippen molar-refractivity contribution in [3.8, 4) is 0 Å². The van der Waals surface area contributed by atoms with Crippen LogP contribution in [-0.4, -0.2) is 34.8 Å². The second-order valence-electron chi connectivity index (χ2n) is 6.79. The molecule has 0 saturated heterocycles. The summed E-state index contributed by atoms with van der Waals surface area (Å²) < 4.78 is 13.6. The summed E-state index contributed by atoms with van der Waals surface area (Å²) in [7, 11) is 0. The molecule has 0 bridgehead atoms. The molecule has 0 spiro atoms. The summed E-state index contributed by atoms with van der Waals surface area (Å²) in [6.07, 6.45) is 5.73. The standard InChI is InChI=1S/C20H24FN3O2/c21-18-4-2-1-3-15(18)7-10-23-20(26)24-19(16-12-17(25)13-16)11-14-5-8-22-9-6-14/h1-6,8-9,16-17,19,25H,7,10-13H2,(H2,23,24,26). The van der Waals surface area contributed by atoms with Crippen molar-refractivity contribution >= 4 is 6.03 Å². The van der Waals surface area contributed by atoms with E-state index in [1.165, 1.54) is 6.07 Å². The van der Waals surface area contributed by atoms with Crippen molar-refractivity contribution in [1.82, 2.24) is 15.6 Å². The van der Waals surface area contributed by atoms with Gasteiger partial charge in [-0.1, -0.05) is 18.2 Å². The first-order chi connectivity index (χ1) is 12.6. The minimum Gasteiger partial charge on any atom is -0.393 e. The van der Waals surface area contributed by atoms with Crippen LogP contribution in [0.4, 0.5) is 9.18 Å². The lowest BCUT2D eigenvalue weighted by Crippen LogP contribution is -2.51. The number of carbonyl (C=O) groups excluding carboxylic acids is 1. The lowest BCUT2D eigenvalue weighted by atomic mass is 9.75. The number of pyridine rings is 1. The predicted octanol–water partition coefficient (Wildman–Crippen LogP) is 2.44. The molecule has 2 amide bonds. The van der Waals surface area contributed by atoms with Crippen LogP contribution in [-0.2, 0) is 12.8 Å². The number of aromatic nitrogens is 1. The SMILES string of the molecule is O=C(NCCc1ccccc1F)NC(Cc1ccncc1)C1CC(O)C1. The highest BCUT2D eigenvalue weighted by molar-refractivity contribution is 5.74. The second kappa shape index (κ2) is 8.76. The van der Waals surface area contributed by atoms with Crippen LogP contribution in [0, 0.1) is 11.7 Å². The van der Waals surface area contributed by atoms with Gasteiger partial charge in [-0.3, -0.25) is 4.98 Å². The van der Waals surface area contributed by atoms with Gasteiger partial charge in [-0.15, -0.1) is 0 Å². The quantitative estimate of drug-likeness (QED) is 0.713. The summed E-state index contributed by atoms with van der Waals surface area (Å²) in [5.74, 6) is 0.00390. The monoisotopic (exact) mass is 357 g/mol. The van der Waals surface area contributed by atoms with Gasteiger partial charge >= 0.3 is 6.03 Å². The number of aliphatic hydroxyl groups is 1. The molecule has 138 valence electrons. The summed E-state index contributed by atoms with van der Waals surface area (Å²) in [5.41, 5.74) is 1.68. The Hall–Kier alpha value is -2.47. The molecule has 1 aliphatic carbocycles. The van der Waals surface area contributed by atoms with Gasteiger partial charge < -0.3 is 15.7 Å². The zero-order valence-corrected chi connectivity index (χ0v) is 14.6. The normalized spacial score (nSPS) is 20.1. The number of aliphatic hydroxyl groups excluding tert-OH is 1. The van der Waals surface area contributed by atoms with Crippen LogP contribution in [0.5, 0.6) is 0 Å². The first-order valence-corrected chi connectivity index (χ1v) is 8.96. The van der Waals surface area contributed by atoms with E-state index in [2.05, 4.69) is 15.6 Å². The number of amides is 2. The number of nitrogens with zero attached hydrogens (tertiary/aromatic N) is 1. The van der Waals surface area contributed by atoms with Gasteiger partial charge in [0.05, 0.1) is 6.10 Å². The Kier molecular flexibility index (Phi) is 6.17. The number of urea groups is 1. The second-order valence-corrected chi connectivity index (χ2v) is 6.79. The largest absolute Gasteiger partial charge is 0.393 e. The number of rotatable bonds is 7. The predicted molar refractivity (Wildman–Crippen MR) is 97.1 cm³/mol. The molecule has 1 unspecified atom stereocenters. The number of hydrogen-bond acceptors (Lipinski definition) is 3. The van der Waals surface area contributed by atoms with E-state index < -0.39 is 0 Å². The van der Waals surface area contributed by atoms with Crippen molar-refractivity contribution < 1.29 is 14.3 Å². The van der Waals surface area contributed by atoms with E-state index in [-0.39, 0.29) is 29.9 Å². The number of halogens is 1. The van der Waals surface area contributed by atoms with Crippen molar-refractivity contribution in [2.75, 3.05) is 6.54 Å². The lowest BCUT2D eigenvalue weighted by Gasteiger charge is -2.38. The van der Waals surface area contributed by atoms with Gasteiger partial charge in [0.25, 0.3) is 0 Å². The zero-order chi connectivity index (χ0) is 18.4. The van der Waals surface area contributed by atoms with Crippen LogP contribution in [0.15, 0.2) is 48.8 Å². The first kappa shape index (κ1) is 18.3. The molecule has 0 radical (unpaired) electrons. The smallest absolute Gasteiger partial charge is 0.315 e. The average Bonchev–Trinajstić information content (AvgIpc) is 2.61. The Morgan fingerprint density at radius 2 is 1.96 bits per heavy atom. The van der Waals surface area contributed by atoms with Crippen molar-refractivity contribution in [2.45, 2.75) is 37.8 Å². The van der Waals surface area contributed by atoms with Crippen LogP contribution in [0.3, 0.4) is 0 Å². The minimum atomic E-state index is -0.272. The highest BCUT2D eigenvalue weighted by Crippen LogP contribution is 2.31. The summed E-state index contributed by atoms with van der Waals surface area (Å²) in [4.78, 5) is 16.3. The van der Waals surface area contributed by atoms with Gasteiger partial charge in [-0.05, 0) is 60.9 Å². The molecule has 1 fully saturated rings. The van der Waals surface area contributed by atoms with E-state index in [4.69, 9.17) is 0 Å². The Morgan fingerprint density at radius 3 is 2.65 bits per heavy atom. The maximum absolute atomic E-state index is 13.6. The third kappa shape index (κ3) is 5.02. The van der Waals surface area contributed by atoms with E-state index in [1.54, 1.807) is 30.6 Å². The fraction of sp³-hybridized carbons (Fsp3) is 0.400. The average molecular weight is 357 g/mol. The van der Waals surface area contributed by atoms with Crippen molar-refractivity contribution in [2.24, 2.45) is 5.92 Å². The molecule has 6 heteroatoms. The summed E-state index contributed by atoms with van der Waals surface area (Å²) >= 11 is 0. The van der Waals surface area contributed by atoms with Crippen LogP contribution >= 0.6 is 0 Å². The Bertz CT molecular complexity index is 720. The Morgan fingerprint density at radius 1 is 1.23 bits per heavy atom. The molecule has 0 aliphatic heterocycles. The van der Waals surface area contributed by atoms with Crippen LogP contribution in [0.1, 0.15) is 24.0 Å². The van der Waals surface area contributed by atoms with Crippen LogP contribution < -0.4 is 10.6 Å². The van der Waals surface area contributed by atoms with Crippen LogP contribution in [0.25, 0.3) is 0 Å². The molecule has 1 heterocycles. The van der Waals surface area contributed by atoms with Gasteiger partial charge in [0.1, 0.15) is 5.82 Å². The van der Waals surface area contributed by atoms with E-state index >= 15 is 0 Å². The van der Waals surface area contributed by atoms with Gasteiger partial charge in [-0.25, -0.2) is 9.18 Å². The van der Waals surface area contributed by atoms with E-state index in [1.807, 2.05) is 12.1 Å². The summed E-state index contributed by atoms with van der Waals surface area (Å²) in [6, 6.07) is 10.1. The third-order valence-electron chi connectivity index (χ3n) is 4.88. The number of carbonyl (C=O) groups is 1. The Balaban J connectivity index is 1.51. The molecule has 1 atom stereocenters. The molecule has 3 rings (SSSR count). The van der Waals surface area contributed by atoms with Gasteiger partial charge in [0.2, 0.25) is 0 Å².